The van der Waals surface area contributed by atoms with Crippen LogP contribution in [0.5, 0.6) is 0 Å². The highest BCUT2D eigenvalue weighted by Gasteiger charge is 2.17. The molecular formula is C24H38ClNO3. The number of ether oxygens (including phenoxy) is 1. The van der Waals surface area contributed by atoms with Crippen molar-refractivity contribution in [3.63, 3.8) is 0 Å². The van der Waals surface area contributed by atoms with Crippen LogP contribution in [0.2, 0.25) is 0 Å². The van der Waals surface area contributed by atoms with E-state index in [0.717, 1.165) is 31.3 Å². The summed E-state index contributed by atoms with van der Waals surface area (Å²) in [6.45, 7) is 2.73. The van der Waals surface area contributed by atoms with E-state index < -0.39 is 0 Å². The Labute approximate surface area is 181 Å². The van der Waals surface area contributed by atoms with Crippen LogP contribution in [0.15, 0.2) is 34.9 Å². The maximum atomic E-state index is 12.1. The number of allylic oxidation sites excluding steroid dienone is 3. The molecule has 1 unspecified atom stereocenters. The van der Waals surface area contributed by atoms with Crippen LogP contribution >= 0.6 is 11.6 Å². The quantitative estimate of drug-likeness (QED) is 0.259. The summed E-state index contributed by atoms with van der Waals surface area (Å²) in [7, 11) is 1.76. The highest BCUT2D eigenvalue weighted by molar-refractivity contribution is 6.26. The number of methoxy groups -OCH3 is 1. The first kappa shape index (κ1) is 25.6. The van der Waals surface area contributed by atoms with Crippen LogP contribution in [0.1, 0.15) is 84.0 Å². The zero-order chi connectivity index (χ0) is 21.3. The van der Waals surface area contributed by atoms with Gasteiger partial charge in [-0.25, -0.2) is 0 Å². The summed E-state index contributed by atoms with van der Waals surface area (Å²) in [6, 6.07) is 0. The molecule has 29 heavy (non-hydrogen) atoms. The van der Waals surface area contributed by atoms with Crippen LogP contribution in [0.4, 0.5) is 0 Å². The van der Waals surface area contributed by atoms with Gasteiger partial charge in [0.15, 0.2) is 5.78 Å². The number of unbranched alkanes of at least 4 members (excludes halogenated alkanes) is 4. The Balaban J connectivity index is 2.21. The van der Waals surface area contributed by atoms with Crippen molar-refractivity contribution in [2.24, 2.45) is 0 Å². The van der Waals surface area contributed by atoms with Gasteiger partial charge in [-0.1, -0.05) is 68.9 Å². The van der Waals surface area contributed by atoms with E-state index in [-0.39, 0.29) is 17.8 Å². The fraction of sp³-hybridized carbons (Fsp3) is 0.667. The molecule has 0 fully saturated rings. The van der Waals surface area contributed by atoms with Gasteiger partial charge >= 0.3 is 0 Å². The Morgan fingerprint density at radius 1 is 1.24 bits per heavy atom. The van der Waals surface area contributed by atoms with Crippen molar-refractivity contribution in [2.75, 3.05) is 13.7 Å². The van der Waals surface area contributed by atoms with E-state index in [1.54, 1.807) is 7.11 Å². The second-order valence-electron chi connectivity index (χ2n) is 7.64. The number of hydrogen-bond acceptors (Lipinski definition) is 3. The molecule has 1 aliphatic carbocycles. The number of Topliss-reactive ketones (excluding diaryl/α,β-unsaturated/α-hetero) is 1. The SMILES string of the molecule is CCCCCCCC(CC=CCNC(=O)CCC(=CCl)C1=CCCCC1=O)OC. The maximum absolute atomic E-state index is 12.1. The summed E-state index contributed by atoms with van der Waals surface area (Å²) in [5.74, 6) is 0.0956. The zero-order valence-corrected chi connectivity index (χ0v) is 18.9. The molecule has 4 nitrogen and oxygen atoms in total. The Morgan fingerprint density at radius 3 is 2.72 bits per heavy atom. The van der Waals surface area contributed by atoms with Gasteiger partial charge in [0.2, 0.25) is 5.91 Å². The van der Waals surface area contributed by atoms with Crippen LogP contribution in [-0.2, 0) is 14.3 Å². The summed E-state index contributed by atoms with van der Waals surface area (Å²) in [5, 5.41) is 2.89. The van der Waals surface area contributed by atoms with Gasteiger partial charge in [0.1, 0.15) is 0 Å². The molecule has 0 spiro atoms. The second-order valence-corrected chi connectivity index (χ2v) is 7.86. The average Bonchev–Trinajstić information content (AvgIpc) is 2.73. The molecule has 0 saturated heterocycles. The Morgan fingerprint density at radius 2 is 2.03 bits per heavy atom. The summed E-state index contributed by atoms with van der Waals surface area (Å²) in [4.78, 5) is 24.1. The predicted octanol–water partition coefficient (Wildman–Crippen LogP) is 6.01. The Kier molecular flexibility index (Phi) is 14.5. The lowest BCUT2D eigenvalue weighted by Gasteiger charge is -2.14. The van der Waals surface area contributed by atoms with Crippen molar-refractivity contribution in [1.29, 1.82) is 0 Å². The average molecular weight is 424 g/mol. The number of ketones is 1. The lowest BCUT2D eigenvalue weighted by Crippen LogP contribution is -2.23. The highest BCUT2D eigenvalue weighted by Crippen LogP contribution is 2.24. The van der Waals surface area contributed by atoms with E-state index in [0.29, 0.717) is 31.4 Å². The van der Waals surface area contributed by atoms with E-state index >= 15 is 0 Å². The molecule has 1 atom stereocenters. The normalized spacial score (nSPS) is 16.2. The third-order valence-corrected chi connectivity index (χ3v) is 5.57. The van der Waals surface area contributed by atoms with Crippen molar-refractivity contribution >= 4 is 23.3 Å². The van der Waals surface area contributed by atoms with E-state index in [1.165, 1.54) is 37.6 Å². The number of carbonyl (C=O) groups excluding carboxylic acids is 2. The number of amides is 1. The fourth-order valence-electron chi connectivity index (χ4n) is 3.46. The van der Waals surface area contributed by atoms with Crippen LogP contribution < -0.4 is 5.32 Å². The van der Waals surface area contributed by atoms with Gasteiger partial charge in [-0.15, -0.1) is 0 Å². The first-order valence-electron chi connectivity index (χ1n) is 11.1. The van der Waals surface area contributed by atoms with Gasteiger partial charge in [-0.3, -0.25) is 9.59 Å². The molecule has 0 aromatic rings. The molecule has 5 heteroatoms. The summed E-state index contributed by atoms with van der Waals surface area (Å²) >= 11 is 5.89. The third-order valence-electron chi connectivity index (χ3n) is 5.30. The first-order valence-corrected chi connectivity index (χ1v) is 11.5. The van der Waals surface area contributed by atoms with Gasteiger partial charge < -0.3 is 10.1 Å². The number of halogens is 1. The molecule has 0 aromatic heterocycles. The minimum Gasteiger partial charge on any atom is -0.381 e. The van der Waals surface area contributed by atoms with Crippen LogP contribution in [0.3, 0.4) is 0 Å². The van der Waals surface area contributed by atoms with Gasteiger partial charge in [0, 0.05) is 37.6 Å². The van der Waals surface area contributed by atoms with Crippen molar-refractivity contribution in [3.8, 4) is 0 Å². The number of rotatable bonds is 15. The number of hydrogen-bond donors (Lipinski definition) is 1. The molecule has 1 rings (SSSR count). The molecule has 0 aliphatic heterocycles. The van der Waals surface area contributed by atoms with Crippen molar-refractivity contribution in [2.45, 2.75) is 90.1 Å². The standard InChI is InChI=1S/C24H38ClNO3/c1-3-4-5-6-7-12-21(29-2)13-10-11-18-26-24(28)17-16-20(19-25)22-14-8-9-15-23(22)27/h10-11,14,19,21H,3-9,12-13,15-18H2,1-2H3,(H,26,28). The Hall–Kier alpha value is -1.39. The molecule has 1 N–H and O–H groups in total. The number of carbonyl (C=O) groups is 2. The second kappa shape index (κ2) is 16.4. The van der Waals surface area contributed by atoms with Crippen LogP contribution in [0.25, 0.3) is 0 Å². The molecule has 1 aliphatic rings. The van der Waals surface area contributed by atoms with Crippen molar-refractivity contribution in [1.82, 2.24) is 5.32 Å². The van der Waals surface area contributed by atoms with Crippen LogP contribution in [-0.4, -0.2) is 31.4 Å². The van der Waals surface area contributed by atoms with E-state index in [2.05, 4.69) is 18.3 Å². The molecule has 0 radical (unpaired) electrons. The lowest BCUT2D eigenvalue weighted by molar-refractivity contribution is -0.121. The largest absolute Gasteiger partial charge is 0.381 e. The van der Waals surface area contributed by atoms with Gasteiger partial charge in [0.25, 0.3) is 0 Å². The summed E-state index contributed by atoms with van der Waals surface area (Å²) in [6.07, 6.45) is 17.7. The van der Waals surface area contributed by atoms with E-state index in [1.807, 2.05) is 12.2 Å². The monoisotopic (exact) mass is 423 g/mol. The minimum absolute atomic E-state index is 0.0336. The Bertz CT molecular complexity index is 581. The fourth-order valence-corrected chi connectivity index (χ4v) is 3.69. The molecule has 0 bridgehead atoms. The van der Waals surface area contributed by atoms with Gasteiger partial charge in [-0.2, -0.15) is 0 Å². The summed E-state index contributed by atoms with van der Waals surface area (Å²) < 4.78 is 5.54. The molecule has 0 saturated carbocycles. The molecule has 0 aromatic carbocycles. The third kappa shape index (κ3) is 11.4. The zero-order valence-electron chi connectivity index (χ0n) is 18.2. The van der Waals surface area contributed by atoms with E-state index in [4.69, 9.17) is 16.3 Å². The van der Waals surface area contributed by atoms with Crippen LogP contribution in [0, 0.1) is 0 Å². The molecule has 0 heterocycles. The first-order chi connectivity index (χ1) is 14.1. The lowest BCUT2D eigenvalue weighted by atomic mass is 9.91. The minimum atomic E-state index is -0.0336. The van der Waals surface area contributed by atoms with Gasteiger partial charge in [-0.05, 0) is 37.7 Å². The van der Waals surface area contributed by atoms with Crippen molar-refractivity contribution < 1.29 is 14.3 Å². The molecular weight excluding hydrogens is 386 g/mol. The van der Waals surface area contributed by atoms with Gasteiger partial charge in [0.05, 0.1) is 6.10 Å². The number of nitrogens with one attached hydrogen (secondary N) is 1. The molecule has 164 valence electrons. The smallest absolute Gasteiger partial charge is 0.220 e. The van der Waals surface area contributed by atoms with Crippen molar-refractivity contribution in [3.05, 3.63) is 34.9 Å². The van der Waals surface area contributed by atoms with E-state index in [9.17, 15) is 9.59 Å². The highest BCUT2D eigenvalue weighted by atomic mass is 35.5. The topological polar surface area (TPSA) is 55.4 Å². The molecule has 1 amide bonds. The maximum Gasteiger partial charge on any atom is 0.220 e. The predicted molar refractivity (Wildman–Crippen MR) is 121 cm³/mol. The summed E-state index contributed by atoms with van der Waals surface area (Å²) in [5.41, 5.74) is 2.90.